The molecule has 0 unspecified atom stereocenters. The van der Waals surface area contributed by atoms with Crippen LogP contribution in [0.3, 0.4) is 0 Å². The van der Waals surface area contributed by atoms with Gasteiger partial charge >= 0.3 is 0 Å². The summed E-state index contributed by atoms with van der Waals surface area (Å²) in [6, 6.07) is -0.219. The highest BCUT2D eigenvalue weighted by Gasteiger charge is 2.32. The third kappa shape index (κ3) is 2.86. The molecule has 0 amide bonds. The number of piperidine rings is 1. The summed E-state index contributed by atoms with van der Waals surface area (Å²) in [5, 5.41) is 3.60. The van der Waals surface area contributed by atoms with E-state index in [1.807, 2.05) is 25.7 Å². The summed E-state index contributed by atoms with van der Waals surface area (Å²) < 4.78 is 13.3. The first-order chi connectivity index (χ1) is 6.43. The van der Waals surface area contributed by atoms with Crippen LogP contribution in [0, 0.1) is 0 Å². The lowest BCUT2D eigenvalue weighted by atomic mass is 9.98. The van der Waals surface area contributed by atoms with E-state index in [0.717, 1.165) is 0 Å². The van der Waals surface area contributed by atoms with Crippen molar-refractivity contribution in [1.82, 2.24) is 4.90 Å². The van der Waals surface area contributed by atoms with Gasteiger partial charge in [-0.05, 0) is 32.7 Å². The minimum atomic E-state index is -0.876. The van der Waals surface area contributed by atoms with Crippen LogP contribution in [-0.2, 0) is 0 Å². The molecule has 0 radical (unpaired) electrons. The molecular weight excluding hydrogens is 183 g/mol. The Morgan fingerprint density at radius 3 is 2.57 bits per heavy atom. The molecule has 4 nitrogen and oxygen atoms in total. The highest BCUT2D eigenvalue weighted by Crippen LogP contribution is 2.23. The first kappa shape index (κ1) is 11.3. The molecule has 0 spiro atoms. The molecule has 1 aliphatic heterocycles. The Kier molecular flexibility index (Phi) is 3.34. The summed E-state index contributed by atoms with van der Waals surface area (Å²) in [4.78, 5) is 4.77. The van der Waals surface area contributed by atoms with E-state index in [4.69, 9.17) is 5.53 Å². The molecule has 0 bridgehead atoms. The van der Waals surface area contributed by atoms with Crippen molar-refractivity contribution < 1.29 is 4.39 Å². The zero-order valence-electron chi connectivity index (χ0n) is 8.94. The van der Waals surface area contributed by atoms with Crippen molar-refractivity contribution in [2.75, 3.05) is 13.1 Å². The quantitative estimate of drug-likeness (QED) is 0.364. The number of likely N-dealkylation sites (tertiary alicyclic amines) is 1. The van der Waals surface area contributed by atoms with Crippen molar-refractivity contribution in [3.8, 4) is 0 Å². The van der Waals surface area contributed by atoms with Gasteiger partial charge in [0.15, 0.2) is 0 Å². The molecule has 14 heavy (non-hydrogen) atoms. The number of rotatable bonds is 1. The van der Waals surface area contributed by atoms with Crippen molar-refractivity contribution in [3.63, 3.8) is 0 Å². The molecule has 0 N–H and O–H groups in total. The topological polar surface area (TPSA) is 52.0 Å². The van der Waals surface area contributed by atoms with Crippen LogP contribution in [-0.4, -0.2) is 35.7 Å². The van der Waals surface area contributed by atoms with Crippen LogP contribution in [0.1, 0.15) is 27.2 Å². The second kappa shape index (κ2) is 4.15. The summed E-state index contributed by atoms with van der Waals surface area (Å²) in [5.74, 6) is 0. The molecular formula is C9H17FN4. The molecule has 80 valence electrons. The van der Waals surface area contributed by atoms with Gasteiger partial charge in [-0.25, -0.2) is 4.39 Å². The van der Waals surface area contributed by atoms with Crippen LogP contribution in [0.2, 0.25) is 0 Å². The van der Waals surface area contributed by atoms with Gasteiger partial charge in [0, 0.05) is 23.5 Å². The predicted octanol–water partition coefficient (Wildman–Crippen LogP) is 2.51. The van der Waals surface area contributed by atoms with E-state index < -0.39 is 6.17 Å². The molecule has 5 heteroatoms. The summed E-state index contributed by atoms with van der Waals surface area (Å²) in [5.41, 5.74) is 8.25. The van der Waals surface area contributed by atoms with Gasteiger partial charge in [-0.2, -0.15) is 0 Å². The molecule has 0 aromatic rings. The average Bonchev–Trinajstić information content (AvgIpc) is 2.02. The Bertz CT molecular complexity index is 242. The van der Waals surface area contributed by atoms with Gasteiger partial charge in [0.25, 0.3) is 0 Å². The number of halogens is 1. The average molecular weight is 200 g/mol. The van der Waals surface area contributed by atoms with Crippen molar-refractivity contribution in [1.29, 1.82) is 0 Å². The maximum absolute atomic E-state index is 13.3. The molecule has 0 aromatic heterocycles. The van der Waals surface area contributed by atoms with Crippen LogP contribution < -0.4 is 0 Å². The van der Waals surface area contributed by atoms with Crippen LogP contribution in [0.4, 0.5) is 4.39 Å². The Morgan fingerprint density at radius 1 is 1.43 bits per heavy atom. The lowest BCUT2D eigenvalue weighted by Crippen LogP contribution is -2.52. The van der Waals surface area contributed by atoms with E-state index in [0.29, 0.717) is 19.5 Å². The molecule has 1 aliphatic rings. The zero-order valence-corrected chi connectivity index (χ0v) is 8.94. The van der Waals surface area contributed by atoms with Gasteiger partial charge < -0.3 is 0 Å². The SMILES string of the molecule is CC(C)(C)N1C[C@@H](F)C[C@@H](N=[N+]=[N-])C1. The minimum Gasteiger partial charge on any atom is -0.295 e. The van der Waals surface area contributed by atoms with Crippen LogP contribution in [0.5, 0.6) is 0 Å². The van der Waals surface area contributed by atoms with E-state index in [1.165, 1.54) is 0 Å². The molecule has 0 aliphatic carbocycles. The number of hydrogen-bond acceptors (Lipinski definition) is 2. The minimum absolute atomic E-state index is 0.0615. The highest BCUT2D eigenvalue weighted by molar-refractivity contribution is 4.89. The maximum atomic E-state index is 13.3. The van der Waals surface area contributed by atoms with Crippen molar-refractivity contribution >= 4 is 0 Å². The first-order valence-electron chi connectivity index (χ1n) is 4.87. The van der Waals surface area contributed by atoms with Gasteiger partial charge in [0.2, 0.25) is 0 Å². The normalized spacial score (nSPS) is 29.7. The lowest BCUT2D eigenvalue weighted by Gasteiger charge is -2.41. The lowest BCUT2D eigenvalue weighted by molar-refractivity contribution is 0.0522. The van der Waals surface area contributed by atoms with E-state index in [2.05, 4.69) is 10.0 Å². The number of azide groups is 1. The summed E-state index contributed by atoms with van der Waals surface area (Å²) in [6.07, 6.45) is -0.519. The van der Waals surface area contributed by atoms with Crippen molar-refractivity contribution in [2.45, 2.75) is 44.9 Å². The van der Waals surface area contributed by atoms with Crippen LogP contribution in [0.15, 0.2) is 5.11 Å². The Hall–Kier alpha value is -0.800. The second-order valence-electron chi connectivity index (χ2n) is 4.77. The first-order valence-corrected chi connectivity index (χ1v) is 4.87. The summed E-state index contributed by atoms with van der Waals surface area (Å²) >= 11 is 0. The van der Waals surface area contributed by atoms with E-state index in [-0.39, 0.29) is 11.6 Å². The van der Waals surface area contributed by atoms with Crippen LogP contribution in [0.25, 0.3) is 10.4 Å². The molecule has 1 fully saturated rings. The standard InChI is InChI=1S/C9H17FN4/c1-9(2,3)14-5-7(10)4-8(6-14)12-13-11/h7-8H,4-6H2,1-3H3/t7-,8+/m0/s1. The smallest absolute Gasteiger partial charge is 0.113 e. The fraction of sp³-hybridized carbons (Fsp3) is 1.00. The van der Waals surface area contributed by atoms with Crippen LogP contribution >= 0.6 is 0 Å². The van der Waals surface area contributed by atoms with Gasteiger partial charge in [0.1, 0.15) is 6.17 Å². The molecule has 2 atom stereocenters. The summed E-state index contributed by atoms with van der Waals surface area (Å²) in [6.45, 7) is 7.23. The zero-order chi connectivity index (χ0) is 10.8. The summed E-state index contributed by atoms with van der Waals surface area (Å²) in [7, 11) is 0. The third-order valence-electron chi connectivity index (χ3n) is 2.54. The number of hydrogen-bond donors (Lipinski definition) is 0. The highest BCUT2D eigenvalue weighted by atomic mass is 19.1. The van der Waals surface area contributed by atoms with E-state index in [1.54, 1.807) is 0 Å². The van der Waals surface area contributed by atoms with Gasteiger partial charge in [-0.15, -0.1) is 0 Å². The predicted molar refractivity (Wildman–Crippen MR) is 53.8 cm³/mol. The Labute approximate surface area is 83.7 Å². The number of alkyl halides is 1. The van der Waals surface area contributed by atoms with E-state index >= 15 is 0 Å². The Morgan fingerprint density at radius 2 is 2.07 bits per heavy atom. The maximum Gasteiger partial charge on any atom is 0.113 e. The fourth-order valence-electron chi connectivity index (χ4n) is 1.72. The number of nitrogens with zero attached hydrogens (tertiary/aromatic N) is 4. The van der Waals surface area contributed by atoms with Gasteiger partial charge in [0.05, 0.1) is 6.04 Å². The Balaban J connectivity index is 2.67. The van der Waals surface area contributed by atoms with Crippen molar-refractivity contribution in [3.05, 3.63) is 10.4 Å². The largest absolute Gasteiger partial charge is 0.295 e. The fourth-order valence-corrected chi connectivity index (χ4v) is 1.72. The van der Waals surface area contributed by atoms with Crippen molar-refractivity contribution in [2.24, 2.45) is 5.11 Å². The van der Waals surface area contributed by atoms with E-state index in [9.17, 15) is 4.39 Å². The molecule has 1 saturated heterocycles. The molecule has 1 rings (SSSR count). The monoisotopic (exact) mass is 200 g/mol. The van der Waals surface area contributed by atoms with Gasteiger partial charge in [-0.3, -0.25) is 4.90 Å². The molecule has 0 aromatic carbocycles. The molecule has 0 saturated carbocycles. The third-order valence-corrected chi connectivity index (χ3v) is 2.54. The van der Waals surface area contributed by atoms with Gasteiger partial charge in [-0.1, -0.05) is 5.11 Å². The molecule has 1 heterocycles. The second-order valence-corrected chi connectivity index (χ2v) is 4.77.